The van der Waals surface area contributed by atoms with Gasteiger partial charge in [-0.05, 0) is 48.6 Å². The summed E-state index contributed by atoms with van der Waals surface area (Å²) >= 11 is 0. The summed E-state index contributed by atoms with van der Waals surface area (Å²) in [5.41, 5.74) is 0.797. The minimum Gasteiger partial charge on any atom is -0.478 e. The van der Waals surface area contributed by atoms with Crippen LogP contribution in [-0.4, -0.2) is 48.0 Å². The lowest BCUT2D eigenvalue weighted by Crippen LogP contribution is -2.39. The largest absolute Gasteiger partial charge is 0.478 e. The molecule has 0 amide bonds. The number of aromatic carboxylic acids is 2. The van der Waals surface area contributed by atoms with E-state index in [1.807, 2.05) is 0 Å². The zero-order valence-electron chi connectivity index (χ0n) is 14.4. The Morgan fingerprint density at radius 1 is 0.963 bits per heavy atom. The maximum Gasteiger partial charge on any atom is 0.337 e. The molecule has 2 aromatic carbocycles. The van der Waals surface area contributed by atoms with Gasteiger partial charge in [-0.25, -0.2) is 18.0 Å². The van der Waals surface area contributed by atoms with E-state index in [0.717, 1.165) is 12.0 Å². The molecule has 0 bridgehead atoms. The van der Waals surface area contributed by atoms with Crippen molar-refractivity contribution < 1.29 is 28.2 Å². The van der Waals surface area contributed by atoms with Crippen molar-refractivity contribution in [3.05, 3.63) is 65.2 Å². The zero-order chi connectivity index (χ0) is 19.6. The molecular formula is C19H19NO6S. The van der Waals surface area contributed by atoms with Crippen LogP contribution in [0.5, 0.6) is 0 Å². The van der Waals surface area contributed by atoms with Gasteiger partial charge in [-0.15, -0.1) is 0 Å². The van der Waals surface area contributed by atoms with Crippen molar-refractivity contribution in [1.29, 1.82) is 0 Å². The van der Waals surface area contributed by atoms with E-state index in [0.29, 0.717) is 13.0 Å². The van der Waals surface area contributed by atoms with E-state index in [4.69, 9.17) is 5.11 Å². The molecule has 3 rings (SSSR count). The van der Waals surface area contributed by atoms with Gasteiger partial charge in [-0.2, -0.15) is 4.31 Å². The topological polar surface area (TPSA) is 112 Å². The summed E-state index contributed by atoms with van der Waals surface area (Å²) in [6, 6.07) is 12.0. The first-order valence-corrected chi connectivity index (χ1v) is 9.90. The standard InChI is InChI=1S/C19H19NO6S/c21-18(22)14-9-7-13(8-10-14)15-4-3-11-20(12-15)27(25,26)17-6-2-1-5-16(17)19(23)24/h1-2,5-10,15H,3-4,11-12H2,(H,21,22)(H,23,24). The molecule has 1 aliphatic heterocycles. The van der Waals surface area contributed by atoms with Crippen LogP contribution >= 0.6 is 0 Å². The van der Waals surface area contributed by atoms with E-state index in [2.05, 4.69) is 0 Å². The van der Waals surface area contributed by atoms with E-state index in [9.17, 15) is 23.1 Å². The number of carbonyl (C=O) groups is 2. The molecule has 8 heteroatoms. The van der Waals surface area contributed by atoms with E-state index >= 15 is 0 Å². The number of carboxylic acid groups (broad SMARTS) is 2. The van der Waals surface area contributed by atoms with Gasteiger partial charge in [0.2, 0.25) is 10.0 Å². The summed E-state index contributed by atoms with van der Waals surface area (Å²) in [5, 5.41) is 18.3. The third-order valence-corrected chi connectivity index (χ3v) is 6.67. The van der Waals surface area contributed by atoms with Crippen LogP contribution in [0.2, 0.25) is 0 Å². The Kier molecular flexibility index (Phi) is 5.29. The smallest absolute Gasteiger partial charge is 0.337 e. The highest BCUT2D eigenvalue weighted by molar-refractivity contribution is 7.89. The maximum atomic E-state index is 13.0. The maximum absolute atomic E-state index is 13.0. The van der Waals surface area contributed by atoms with Crippen LogP contribution in [0.25, 0.3) is 0 Å². The SMILES string of the molecule is O=C(O)c1ccc(C2CCCN(S(=O)(=O)c3ccccc3C(=O)O)C2)cc1. The first-order chi connectivity index (χ1) is 12.8. The summed E-state index contributed by atoms with van der Waals surface area (Å²) < 4.78 is 27.3. The fourth-order valence-corrected chi connectivity index (χ4v) is 5.05. The summed E-state index contributed by atoms with van der Waals surface area (Å²) in [6.07, 6.45) is 1.42. The average Bonchev–Trinajstić information content (AvgIpc) is 2.68. The first kappa shape index (κ1) is 19.1. The van der Waals surface area contributed by atoms with Crippen molar-refractivity contribution in [3.63, 3.8) is 0 Å². The Morgan fingerprint density at radius 2 is 1.63 bits per heavy atom. The van der Waals surface area contributed by atoms with Gasteiger partial charge in [-0.1, -0.05) is 24.3 Å². The van der Waals surface area contributed by atoms with Crippen LogP contribution in [0.4, 0.5) is 0 Å². The van der Waals surface area contributed by atoms with Gasteiger partial charge in [0.15, 0.2) is 0 Å². The number of rotatable bonds is 5. The highest BCUT2D eigenvalue weighted by atomic mass is 32.2. The van der Waals surface area contributed by atoms with E-state index in [1.165, 1.54) is 40.7 Å². The predicted molar refractivity (Wildman–Crippen MR) is 97.5 cm³/mol. The molecule has 1 unspecified atom stereocenters. The summed E-state index contributed by atoms with van der Waals surface area (Å²) in [4.78, 5) is 22.2. The molecule has 1 atom stereocenters. The minimum absolute atomic E-state index is 0.0756. The fourth-order valence-electron chi connectivity index (χ4n) is 3.34. The number of hydrogen-bond acceptors (Lipinski definition) is 4. The third-order valence-electron chi connectivity index (χ3n) is 4.75. The van der Waals surface area contributed by atoms with Crippen molar-refractivity contribution in [1.82, 2.24) is 4.31 Å². The first-order valence-electron chi connectivity index (χ1n) is 8.46. The van der Waals surface area contributed by atoms with E-state index in [-0.39, 0.29) is 28.5 Å². The number of sulfonamides is 1. The lowest BCUT2D eigenvalue weighted by molar-refractivity contribution is 0.0683. The highest BCUT2D eigenvalue weighted by Gasteiger charge is 2.33. The van der Waals surface area contributed by atoms with Crippen LogP contribution < -0.4 is 0 Å². The Bertz CT molecular complexity index is 968. The van der Waals surface area contributed by atoms with E-state index < -0.39 is 22.0 Å². The van der Waals surface area contributed by atoms with Crippen LogP contribution in [0.3, 0.4) is 0 Å². The molecule has 7 nitrogen and oxygen atoms in total. The second-order valence-corrected chi connectivity index (χ2v) is 8.34. The molecule has 1 fully saturated rings. The molecule has 0 aliphatic carbocycles. The Morgan fingerprint density at radius 3 is 2.26 bits per heavy atom. The van der Waals surface area contributed by atoms with Gasteiger partial charge in [0.05, 0.1) is 16.0 Å². The molecule has 0 radical (unpaired) electrons. The molecule has 0 spiro atoms. The summed E-state index contributed by atoms with van der Waals surface area (Å²) in [5.74, 6) is -2.37. The highest BCUT2D eigenvalue weighted by Crippen LogP contribution is 2.31. The molecular weight excluding hydrogens is 370 g/mol. The van der Waals surface area contributed by atoms with Crippen LogP contribution in [0.15, 0.2) is 53.4 Å². The van der Waals surface area contributed by atoms with Crippen LogP contribution in [0, 0.1) is 0 Å². The van der Waals surface area contributed by atoms with Gasteiger partial charge < -0.3 is 10.2 Å². The summed E-state index contributed by atoms with van der Waals surface area (Å²) in [6.45, 7) is 0.544. The fraction of sp³-hybridized carbons (Fsp3) is 0.263. The van der Waals surface area contributed by atoms with Gasteiger partial charge in [0.25, 0.3) is 0 Å². The lowest BCUT2D eigenvalue weighted by atomic mass is 9.91. The molecule has 142 valence electrons. The van der Waals surface area contributed by atoms with Crippen molar-refractivity contribution in [2.24, 2.45) is 0 Å². The Hall–Kier alpha value is -2.71. The Labute approximate surface area is 156 Å². The average molecular weight is 389 g/mol. The van der Waals surface area contributed by atoms with Gasteiger partial charge >= 0.3 is 11.9 Å². The Balaban J connectivity index is 1.87. The molecule has 1 heterocycles. The number of nitrogens with zero attached hydrogens (tertiary/aromatic N) is 1. The second-order valence-electron chi connectivity index (χ2n) is 6.43. The van der Waals surface area contributed by atoms with Gasteiger partial charge in [0.1, 0.15) is 0 Å². The van der Waals surface area contributed by atoms with Crippen LogP contribution in [0.1, 0.15) is 45.0 Å². The van der Waals surface area contributed by atoms with E-state index in [1.54, 1.807) is 12.1 Å². The normalized spacial score (nSPS) is 18.1. The van der Waals surface area contributed by atoms with Crippen LogP contribution in [-0.2, 0) is 10.0 Å². The second kappa shape index (κ2) is 7.50. The predicted octanol–water partition coefficient (Wildman–Crippen LogP) is 2.65. The molecule has 2 N–H and O–H groups in total. The van der Waals surface area contributed by atoms with Gasteiger partial charge in [-0.3, -0.25) is 0 Å². The molecule has 0 saturated carbocycles. The van der Waals surface area contributed by atoms with Crippen molar-refractivity contribution in [2.45, 2.75) is 23.7 Å². The third kappa shape index (κ3) is 3.86. The molecule has 1 saturated heterocycles. The van der Waals surface area contributed by atoms with Crippen molar-refractivity contribution in [2.75, 3.05) is 13.1 Å². The summed E-state index contributed by atoms with van der Waals surface area (Å²) in [7, 11) is -3.94. The zero-order valence-corrected chi connectivity index (χ0v) is 15.2. The van der Waals surface area contributed by atoms with Gasteiger partial charge in [0, 0.05) is 13.1 Å². The lowest BCUT2D eigenvalue weighted by Gasteiger charge is -2.32. The quantitative estimate of drug-likeness (QED) is 0.813. The minimum atomic E-state index is -3.94. The van der Waals surface area contributed by atoms with Crippen molar-refractivity contribution in [3.8, 4) is 0 Å². The number of carboxylic acids is 2. The number of benzene rings is 2. The molecule has 2 aromatic rings. The number of piperidine rings is 1. The molecule has 1 aliphatic rings. The van der Waals surface area contributed by atoms with Crippen molar-refractivity contribution >= 4 is 22.0 Å². The monoisotopic (exact) mass is 389 g/mol. The molecule has 0 aromatic heterocycles. The number of hydrogen-bond donors (Lipinski definition) is 2. The molecule has 27 heavy (non-hydrogen) atoms.